The molecule has 0 saturated carbocycles. The molecule has 0 fully saturated rings. The second kappa shape index (κ2) is 8.19. The molecule has 1 aromatic heterocycles. The molecule has 6 nitrogen and oxygen atoms in total. The van der Waals surface area contributed by atoms with Crippen LogP contribution in [0.5, 0.6) is 5.75 Å². The van der Waals surface area contributed by atoms with E-state index in [1.807, 2.05) is 31.2 Å². The first kappa shape index (κ1) is 17.6. The lowest BCUT2D eigenvalue weighted by atomic mass is 10.2. The SMILES string of the molecule is Cc1cccc(OCCCC(=O)NNC(=O)c2cc(C)oc2C)c1. The van der Waals surface area contributed by atoms with Gasteiger partial charge in [-0.15, -0.1) is 0 Å². The second-order valence-electron chi connectivity index (χ2n) is 5.60. The van der Waals surface area contributed by atoms with Gasteiger partial charge in [0, 0.05) is 6.42 Å². The number of aryl methyl sites for hydroxylation is 3. The fourth-order valence-electron chi connectivity index (χ4n) is 2.24. The van der Waals surface area contributed by atoms with E-state index in [4.69, 9.17) is 9.15 Å². The summed E-state index contributed by atoms with van der Waals surface area (Å²) in [6, 6.07) is 9.36. The maximum absolute atomic E-state index is 11.9. The van der Waals surface area contributed by atoms with Crippen molar-refractivity contribution in [3.63, 3.8) is 0 Å². The molecule has 6 heteroatoms. The van der Waals surface area contributed by atoms with E-state index in [2.05, 4.69) is 10.9 Å². The summed E-state index contributed by atoms with van der Waals surface area (Å²) in [4.78, 5) is 23.6. The molecule has 2 N–H and O–H groups in total. The molecule has 0 unspecified atom stereocenters. The van der Waals surface area contributed by atoms with Crippen LogP contribution in [0.3, 0.4) is 0 Å². The first-order valence-electron chi connectivity index (χ1n) is 7.81. The summed E-state index contributed by atoms with van der Waals surface area (Å²) in [6.45, 7) is 5.89. The zero-order valence-electron chi connectivity index (χ0n) is 14.1. The molecular formula is C18H22N2O4. The van der Waals surface area contributed by atoms with Gasteiger partial charge in [0.1, 0.15) is 17.3 Å². The Morgan fingerprint density at radius 2 is 1.92 bits per heavy atom. The van der Waals surface area contributed by atoms with Crippen LogP contribution in [-0.4, -0.2) is 18.4 Å². The second-order valence-corrected chi connectivity index (χ2v) is 5.60. The third-order valence-corrected chi connectivity index (χ3v) is 3.41. The van der Waals surface area contributed by atoms with Crippen LogP contribution in [0.4, 0.5) is 0 Å². The molecule has 1 aromatic carbocycles. The molecule has 128 valence electrons. The highest BCUT2D eigenvalue weighted by molar-refractivity contribution is 5.96. The number of rotatable bonds is 6. The van der Waals surface area contributed by atoms with Crippen LogP contribution < -0.4 is 15.6 Å². The Balaban J connectivity index is 1.66. The average molecular weight is 330 g/mol. The highest BCUT2D eigenvalue weighted by atomic mass is 16.5. The van der Waals surface area contributed by atoms with Crippen molar-refractivity contribution < 1.29 is 18.7 Å². The number of carbonyl (C=O) groups excluding carboxylic acids is 2. The van der Waals surface area contributed by atoms with Gasteiger partial charge in [-0.3, -0.25) is 20.4 Å². The van der Waals surface area contributed by atoms with Crippen molar-refractivity contribution in [1.29, 1.82) is 0 Å². The number of hydrogen-bond acceptors (Lipinski definition) is 4. The first-order valence-corrected chi connectivity index (χ1v) is 7.81. The van der Waals surface area contributed by atoms with Gasteiger partial charge in [0.25, 0.3) is 5.91 Å². The highest BCUT2D eigenvalue weighted by Crippen LogP contribution is 2.13. The summed E-state index contributed by atoms with van der Waals surface area (Å²) < 4.78 is 10.9. The summed E-state index contributed by atoms with van der Waals surface area (Å²) in [7, 11) is 0. The first-order chi connectivity index (χ1) is 11.5. The van der Waals surface area contributed by atoms with E-state index in [1.54, 1.807) is 19.9 Å². The molecule has 1 heterocycles. The Bertz CT molecular complexity index is 722. The number of benzene rings is 1. The fraction of sp³-hybridized carbons (Fsp3) is 0.333. The lowest BCUT2D eigenvalue weighted by molar-refractivity contribution is -0.122. The average Bonchev–Trinajstić information content (AvgIpc) is 2.88. The standard InChI is InChI=1S/C18H22N2O4/c1-12-6-4-7-15(10-12)23-9-5-8-17(21)19-20-18(22)16-11-13(2)24-14(16)3/h4,6-7,10-11H,5,8-9H2,1-3H3,(H,19,21)(H,20,22). The summed E-state index contributed by atoms with van der Waals surface area (Å²) in [5, 5.41) is 0. The van der Waals surface area contributed by atoms with Crippen LogP contribution in [-0.2, 0) is 4.79 Å². The zero-order chi connectivity index (χ0) is 17.5. The quantitative estimate of drug-likeness (QED) is 0.630. The van der Waals surface area contributed by atoms with Crippen LogP contribution in [0, 0.1) is 20.8 Å². The van der Waals surface area contributed by atoms with Crippen LogP contribution in [0.25, 0.3) is 0 Å². The lowest BCUT2D eigenvalue weighted by Gasteiger charge is -2.08. The summed E-state index contributed by atoms with van der Waals surface area (Å²) in [5.41, 5.74) is 6.30. The van der Waals surface area contributed by atoms with Crippen LogP contribution in [0.1, 0.15) is 40.3 Å². The van der Waals surface area contributed by atoms with Gasteiger partial charge in [0.15, 0.2) is 0 Å². The van der Waals surface area contributed by atoms with Gasteiger partial charge in [-0.2, -0.15) is 0 Å². The van der Waals surface area contributed by atoms with Gasteiger partial charge in [0.05, 0.1) is 12.2 Å². The Labute approximate surface area is 141 Å². The van der Waals surface area contributed by atoms with E-state index in [1.165, 1.54) is 0 Å². The molecule has 0 aliphatic rings. The van der Waals surface area contributed by atoms with E-state index in [0.29, 0.717) is 30.1 Å². The molecule has 2 amide bonds. The number of carbonyl (C=O) groups is 2. The van der Waals surface area contributed by atoms with Crippen molar-refractivity contribution in [2.45, 2.75) is 33.6 Å². The minimum absolute atomic E-state index is 0.259. The predicted octanol–water partition coefficient (Wildman–Crippen LogP) is 2.83. The van der Waals surface area contributed by atoms with E-state index in [9.17, 15) is 9.59 Å². The summed E-state index contributed by atoms with van der Waals surface area (Å²) >= 11 is 0. The van der Waals surface area contributed by atoms with E-state index in [0.717, 1.165) is 11.3 Å². The van der Waals surface area contributed by atoms with Crippen LogP contribution in [0.15, 0.2) is 34.7 Å². The van der Waals surface area contributed by atoms with Crippen LogP contribution >= 0.6 is 0 Å². The molecule has 0 bridgehead atoms. The smallest absolute Gasteiger partial charge is 0.273 e. The number of amides is 2. The molecule has 24 heavy (non-hydrogen) atoms. The zero-order valence-corrected chi connectivity index (χ0v) is 14.1. The van der Waals surface area contributed by atoms with Crippen molar-refractivity contribution in [2.75, 3.05) is 6.61 Å². The normalized spacial score (nSPS) is 10.3. The topological polar surface area (TPSA) is 80.6 Å². The van der Waals surface area contributed by atoms with Crippen molar-refractivity contribution in [2.24, 2.45) is 0 Å². The molecule has 0 atom stereocenters. The van der Waals surface area contributed by atoms with Crippen LogP contribution in [0.2, 0.25) is 0 Å². The number of hydrogen-bond donors (Lipinski definition) is 2. The third kappa shape index (κ3) is 5.15. The Morgan fingerprint density at radius 3 is 2.58 bits per heavy atom. The molecule has 2 aromatic rings. The van der Waals surface area contributed by atoms with E-state index >= 15 is 0 Å². The Morgan fingerprint density at radius 1 is 1.12 bits per heavy atom. The van der Waals surface area contributed by atoms with Gasteiger partial charge in [0.2, 0.25) is 5.91 Å². The summed E-state index contributed by atoms with van der Waals surface area (Å²) in [5.74, 6) is 1.29. The highest BCUT2D eigenvalue weighted by Gasteiger charge is 2.13. The fourth-order valence-corrected chi connectivity index (χ4v) is 2.24. The van der Waals surface area contributed by atoms with Crippen molar-refractivity contribution in [1.82, 2.24) is 10.9 Å². The van der Waals surface area contributed by atoms with Gasteiger partial charge in [-0.1, -0.05) is 12.1 Å². The predicted molar refractivity (Wildman–Crippen MR) is 89.7 cm³/mol. The molecule has 0 spiro atoms. The molecule has 0 aliphatic carbocycles. The van der Waals surface area contributed by atoms with E-state index < -0.39 is 5.91 Å². The summed E-state index contributed by atoms with van der Waals surface area (Å²) in [6.07, 6.45) is 0.814. The maximum atomic E-state index is 11.9. The maximum Gasteiger partial charge on any atom is 0.273 e. The Kier molecular flexibility index (Phi) is 6.01. The molecular weight excluding hydrogens is 308 g/mol. The van der Waals surface area contributed by atoms with Crippen molar-refractivity contribution in [3.05, 3.63) is 53.0 Å². The number of furan rings is 1. The molecule has 0 aliphatic heterocycles. The van der Waals surface area contributed by atoms with Gasteiger partial charge in [-0.25, -0.2) is 0 Å². The number of ether oxygens (including phenoxy) is 1. The minimum atomic E-state index is -0.395. The number of hydrazine groups is 1. The van der Waals surface area contributed by atoms with Gasteiger partial charge in [-0.05, 0) is 51.0 Å². The molecule has 0 radical (unpaired) electrons. The van der Waals surface area contributed by atoms with E-state index in [-0.39, 0.29) is 12.3 Å². The Hall–Kier alpha value is -2.76. The monoisotopic (exact) mass is 330 g/mol. The van der Waals surface area contributed by atoms with Crippen molar-refractivity contribution >= 4 is 11.8 Å². The minimum Gasteiger partial charge on any atom is -0.494 e. The molecule has 0 saturated heterocycles. The largest absolute Gasteiger partial charge is 0.494 e. The third-order valence-electron chi connectivity index (χ3n) is 3.41. The molecule has 2 rings (SSSR count). The van der Waals surface area contributed by atoms with Crippen molar-refractivity contribution in [3.8, 4) is 5.75 Å². The van der Waals surface area contributed by atoms with Gasteiger partial charge < -0.3 is 9.15 Å². The lowest BCUT2D eigenvalue weighted by Crippen LogP contribution is -2.41. The van der Waals surface area contributed by atoms with Gasteiger partial charge >= 0.3 is 0 Å². The number of nitrogens with one attached hydrogen (secondary N) is 2.